The predicted molar refractivity (Wildman–Crippen MR) is 46.5 cm³/mol. The van der Waals surface area contributed by atoms with Crippen LogP contribution >= 0.6 is 0 Å². The molecule has 1 fully saturated rings. The molecule has 2 N–H and O–H groups in total. The summed E-state index contributed by atoms with van der Waals surface area (Å²) < 4.78 is 4.70. The summed E-state index contributed by atoms with van der Waals surface area (Å²) in [7, 11) is 1.41. The van der Waals surface area contributed by atoms with Crippen molar-refractivity contribution in [3.63, 3.8) is 0 Å². The average Bonchev–Trinajstić information content (AvgIpc) is 2.83. The van der Waals surface area contributed by atoms with Gasteiger partial charge in [0.15, 0.2) is 0 Å². The van der Waals surface area contributed by atoms with E-state index >= 15 is 0 Å². The summed E-state index contributed by atoms with van der Waals surface area (Å²) in [6.45, 7) is 3.70. The van der Waals surface area contributed by atoms with Crippen molar-refractivity contribution in [1.29, 1.82) is 0 Å². The smallest absolute Gasteiger partial charge is 0.312 e. The second kappa shape index (κ2) is 3.05. The molecule has 0 aromatic rings. The van der Waals surface area contributed by atoms with Crippen LogP contribution < -0.4 is 5.73 Å². The summed E-state index contributed by atoms with van der Waals surface area (Å²) in [6.07, 6.45) is 2.31. The van der Waals surface area contributed by atoms with Gasteiger partial charge in [-0.1, -0.05) is 0 Å². The van der Waals surface area contributed by atoms with Gasteiger partial charge in [-0.2, -0.15) is 0 Å². The number of hydrogen-bond acceptors (Lipinski definition) is 3. The second-order valence-electron chi connectivity index (χ2n) is 4.08. The molecule has 0 aliphatic heterocycles. The molecule has 1 aliphatic carbocycles. The minimum absolute atomic E-state index is 0.0510. The zero-order valence-corrected chi connectivity index (χ0v) is 7.96. The lowest BCUT2D eigenvalue weighted by molar-refractivity contribution is -0.152. The van der Waals surface area contributed by atoms with Gasteiger partial charge in [0.2, 0.25) is 0 Å². The Labute approximate surface area is 73.3 Å². The van der Waals surface area contributed by atoms with Crippen LogP contribution in [-0.4, -0.2) is 19.1 Å². The van der Waals surface area contributed by atoms with Gasteiger partial charge < -0.3 is 10.5 Å². The van der Waals surface area contributed by atoms with Crippen molar-refractivity contribution in [1.82, 2.24) is 0 Å². The molecule has 0 bridgehead atoms. The number of hydrogen-bond donors (Lipinski definition) is 1. The van der Waals surface area contributed by atoms with Crippen molar-refractivity contribution in [3.8, 4) is 0 Å². The maximum absolute atomic E-state index is 11.3. The normalized spacial score (nSPS) is 20.3. The van der Waals surface area contributed by atoms with E-state index in [0.29, 0.717) is 5.92 Å². The highest BCUT2D eigenvalue weighted by atomic mass is 16.5. The van der Waals surface area contributed by atoms with E-state index in [0.717, 1.165) is 12.8 Å². The van der Waals surface area contributed by atoms with E-state index < -0.39 is 5.41 Å². The second-order valence-corrected chi connectivity index (χ2v) is 4.08. The maximum atomic E-state index is 11.3. The van der Waals surface area contributed by atoms with Crippen LogP contribution in [0, 0.1) is 11.3 Å². The van der Waals surface area contributed by atoms with Crippen molar-refractivity contribution in [2.75, 3.05) is 7.11 Å². The monoisotopic (exact) mass is 171 g/mol. The molecular weight excluding hydrogens is 154 g/mol. The molecule has 0 aromatic heterocycles. The van der Waals surface area contributed by atoms with Crippen LogP contribution in [-0.2, 0) is 9.53 Å². The van der Waals surface area contributed by atoms with E-state index in [9.17, 15) is 4.79 Å². The van der Waals surface area contributed by atoms with Crippen molar-refractivity contribution < 1.29 is 9.53 Å². The summed E-state index contributed by atoms with van der Waals surface area (Å²) in [5, 5.41) is 0. The fourth-order valence-electron chi connectivity index (χ4n) is 1.44. The maximum Gasteiger partial charge on any atom is 0.312 e. The number of esters is 1. The zero-order chi connectivity index (χ0) is 9.35. The Bertz CT molecular complexity index is 185. The summed E-state index contributed by atoms with van der Waals surface area (Å²) in [4.78, 5) is 11.3. The number of ether oxygens (including phenoxy) is 1. The Hall–Kier alpha value is -0.570. The number of carbonyl (C=O) groups is 1. The van der Waals surface area contributed by atoms with E-state index in [1.54, 1.807) is 0 Å². The van der Waals surface area contributed by atoms with Gasteiger partial charge in [0.25, 0.3) is 0 Å². The Morgan fingerprint density at radius 3 is 2.42 bits per heavy atom. The lowest BCUT2D eigenvalue weighted by Gasteiger charge is -2.28. The van der Waals surface area contributed by atoms with Crippen LogP contribution in [0.15, 0.2) is 0 Å². The van der Waals surface area contributed by atoms with Crippen LogP contribution in [0.1, 0.15) is 26.7 Å². The van der Waals surface area contributed by atoms with Crippen molar-refractivity contribution in [2.45, 2.75) is 32.7 Å². The quantitative estimate of drug-likeness (QED) is 0.642. The van der Waals surface area contributed by atoms with E-state index in [1.807, 2.05) is 13.8 Å². The molecule has 0 spiro atoms. The molecule has 0 aromatic carbocycles. The first-order valence-corrected chi connectivity index (χ1v) is 4.34. The molecular formula is C9H17NO2. The molecule has 3 heteroatoms. The van der Waals surface area contributed by atoms with E-state index in [4.69, 9.17) is 10.5 Å². The fourth-order valence-corrected chi connectivity index (χ4v) is 1.44. The first-order chi connectivity index (χ1) is 5.50. The third-order valence-corrected chi connectivity index (χ3v) is 2.67. The third kappa shape index (κ3) is 1.61. The van der Waals surface area contributed by atoms with E-state index in [2.05, 4.69) is 0 Å². The van der Waals surface area contributed by atoms with Gasteiger partial charge in [-0.3, -0.25) is 4.79 Å². The summed E-state index contributed by atoms with van der Waals surface area (Å²) in [6, 6.07) is -0.0510. The van der Waals surface area contributed by atoms with E-state index in [-0.39, 0.29) is 12.0 Å². The summed E-state index contributed by atoms with van der Waals surface area (Å²) >= 11 is 0. The third-order valence-electron chi connectivity index (χ3n) is 2.67. The SMILES string of the molecule is COC(=O)C(C)(C)[C@@H](N)C1CC1. The van der Waals surface area contributed by atoms with Crippen molar-refractivity contribution in [3.05, 3.63) is 0 Å². The largest absolute Gasteiger partial charge is 0.469 e. The van der Waals surface area contributed by atoms with Crippen LogP contribution in [0.3, 0.4) is 0 Å². The van der Waals surface area contributed by atoms with Crippen LogP contribution in [0.4, 0.5) is 0 Å². The number of methoxy groups -OCH3 is 1. The summed E-state index contributed by atoms with van der Waals surface area (Å²) in [5.74, 6) is 0.320. The Kier molecular flexibility index (Phi) is 2.42. The molecule has 12 heavy (non-hydrogen) atoms. The van der Waals surface area contributed by atoms with Gasteiger partial charge in [0.1, 0.15) is 0 Å². The Morgan fingerprint density at radius 1 is 1.58 bits per heavy atom. The van der Waals surface area contributed by atoms with Crippen molar-refractivity contribution in [2.24, 2.45) is 17.1 Å². The minimum atomic E-state index is -0.532. The van der Waals surface area contributed by atoms with Gasteiger partial charge >= 0.3 is 5.97 Å². The molecule has 70 valence electrons. The van der Waals surface area contributed by atoms with E-state index in [1.165, 1.54) is 7.11 Å². The molecule has 0 heterocycles. The molecule has 1 atom stereocenters. The number of nitrogens with two attached hydrogens (primary N) is 1. The zero-order valence-electron chi connectivity index (χ0n) is 7.96. The highest BCUT2D eigenvalue weighted by Gasteiger charge is 2.43. The lowest BCUT2D eigenvalue weighted by Crippen LogP contribution is -2.45. The van der Waals surface area contributed by atoms with Gasteiger partial charge in [-0.25, -0.2) is 0 Å². The number of carbonyl (C=O) groups excluding carboxylic acids is 1. The molecule has 0 amide bonds. The lowest BCUT2D eigenvalue weighted by atomic mass is 9.82. The highest BCUT2D eigenvalue weighted by Crippen LogP contribution is 2.39. The van der Waals surface area contributed by atoms with Crippen molar-refractivity contribution >= 4 is 5.97 Å². The minimum Gasteiger partial charge on any atom is -0.469 e. The van der Waals surface area contributed by atoms with Crippen LogP contribution in [0.2, 0.25) is 0 Å². The molecule has 1 rings (SSSR count). The van der Waals surface area contributed by atoms with Crippen LogP contribution in [0.5, 0.6) is 0 Å². The summed E-state index contributed by atoms with van der Waals surface area (Å²) in [5.41, 5.74) is 5.40. The predicted octanol–water partition coefficient (Wildman–Crippen LogP) is 0.923. The van der Waals surface area contributed by atoms with Gasteiger partial charge in [-0.05, 0) is 32.6 Å². The highest BCUT2D eigenvalue weighted by molar-refractivity contribution is 5.76. The van der Waals surface area contributed by atoms with Crippen LogP contribution in [0.25, 0.3) is 0 Å². The van der Waals surface area contributed by atoms with Gasteiger partial charge in [0, 0.05) is 6.04 Å². The Morgan fingerprint density at radius 2 is 2.08 bits per heavy atom. The fraction of sp³-hybridized carbons (Fsp3) is 0.889. The Balaban J connectivity index is 2.61. The molecule has 3 nitrogen and oxygen atoms in total. The van der Waals surface area contributed by atoms with Gasteiger partial charge in [0.05, 0.1) is 12.5 Å². The molecule has 1 saturated carbocycles. The average molecular weight is 171 g/mol. The topological polar surface area (TPSA) is 52.3 Å². The first-order valence-electron chi connectivity index (χ1n) is 4.34. The molecule has 0 radical (unpaired) electrons. The van der Waals surface area contributed by atoms with Gasteiger partial charge in [-0.15, -0.1) is 0 Å². The number of rotatable bonds is 3. The molecule has 0 saturated heterocycles. The standard InChI is InChI=1S/C9H17NO2/c1-9(2,8(11)12-3)7(10)6-4-5-6/h6-7H,4-5,10H2,1-3H3/t7-/m0/s1. The molecule has 0 unspecified atom stereocenters. The first kappa shape index (κ1) is 9.52. The molecule has 1 aliphatic rings.